The molecule has 1 amide bonds. The van der Waals surface area contributed by atoms with Crippen molar-refractivity contribution in [2.24, 2.45) is 0 Å². The van der Waals surface area contributed by atoms with E-state index in [4.69, 9.17) is 14.6 Å². The van der Waals surface area contributed by atoms with E-state index in [0.29, 0.717) is 16.8 Å². The second-order valence-electron chi connectivity index (χ2n) is 6.75. The first-order valence-electron chi connectivity index (χ1n) is 9.45. The van der Waals surface area contributed by atoms with E-state index in [0.717, 1.165) is 0 Å². The summed E-state index contributed by atoms with van der Waals surface area (Å²) in [6, 6.07) is 8.06. The van der Waals surface area contributed by atoms with E-state index < -0.39 is 23.9 Å². The number of hydrogen-bond donors (Lipinski definition) is 4. The number of nitrogens with zero attached hydrogens (tertiary/aromatic N) is 1. The van der Waals surface area contributed by atoms with Crippen molar-refractivity contribution in [3.05, 3.63) is 65.7 Å². The molecule has 3 aromatic rings. The van der Waals surface area contributed by atoms with Crippen molar-refractivity contribution in [1.82, 2.24) is 15.3 Å². The van der Waals surface area contributed by atoms with E-state index in [1.165, 1.54) is 38.9 Å². The van der Waals surface area contributed by atoms with Gasteiger partial charge >= 0.3 is 11.9 Å². The van der Waals surface area contributed by atoms with Crippen LogP contribution in [-0.4, -0.2) is 58.3 Å². The lowest BCUT2D eigenvalue weighted by atomic mass is 9.98. The van der Waals surface area contributed by atoms with Gasteiger partial charge in [-0.15, -0.1) is 0 Å². The number of H-pyrrole nitrogens is 1. The number of aromatic carboxylic acids is 1. The normalized spacial score (nSPS) is 11.4. The number of hydrogen-bond acceptors (Lipinski definition) is 6. The zero-order valence-electron chi connectivity index (χ0n) is 17.3. The van der Waals surface area contributed by atoms with Crippen LogP contribution in [0, 0.1) is 0 Å². The van der Waals surface area contributed by atoms with Crippen molar-refractivity contribution in [2.45, 2.75) is 12.5 Å². The predicted octanol–water partition coefficient (Wildman–Crippen LogP) is 2.22. The van der Waals surface area contributed by atoms with Gasteiger partial charge in [-0.2, -0.15) is 0 Å². The summed E-state index contributed by atoms with van der Waals surface area (Å²) < 4.78 is 10.8. The number of rotatable bonds is 9. The van der Waals surface area contributed by atoms with Crippen molar-refractivity contribution >= 4 is 17.8 Å². The van der Waals surface area contributed by atoms with Crippen molar-refractivity contribution in [3.8, 4) is 22.6 Å². The molecule has 0 bridgehead atoms. The lowest BCUT2D eigenvalue weighted by Gasteiger charge is -2.19. The lowest BCUT2D eigenvalue weighted by molar-refractivity contribution is -0.139. The molecule has 0 aliphatic carbocycles. The third kappa shape index (κ3) is 4.69. The monoisotopic (exact) mass is 439 g/mol. The molecule has 1 atom stereocenters. The number of benzene rings is 2. The van der Waals surface area contributed by atoms with Crippen LogP contribution in [0.2, 0.25) is 0 Å². The van der Waals surface area contributed by atoms with Gasteiger partial charge in [-0.1, -0.05) is 12.1 Å². The molecule has 4 N–H and O–H groups in total. The van der Waals surface area contributed by atoms with Gasteiger partial charge in [0, 0.05) is 23.9 Å². The van der Waals surface area contributed by atoms with E-state index in [1.807, 2.05) is 0 Å². The molecule has 1 heterocycles. The molecule has 0 spiro atoms. The van der Waals surface area contributed by atoms with Crippen LogP contribution in [0.1, 0.15) is 26.4 Å². The van der Waals surface area contributed by atoms with Gasteiger partial charge < -0.3 is 30.0 Å². The first-order valence-corrected chi connectivity index (χ1v) is 9.45. The molecule has 0 aliphatic heterocycles. The highest BCUT2D eigenvalue weighted by Crippen LogP contribution is 2.38. The average Bonchev–Trinajstić information content (AvgIpc) is 3.30. The first-order chi connectivity index (χ1) is 15.3. The minimum Gasteiger partial charge on any atom is -0.496 e. The number of nitrogens with one attached hydrogen (secondary N) is 2. The Morgan fingerprint density at radius 1 is 1.06 bits per heavy atom. The maximum absolute atomic E-state index is 13.1. The SMILES string of the molecule is COc1ccc(-c2ccc(C(=O)O)cc2)c(OC)c1C(=O)N[C@@H](Cc1cnc[nH]1)C(=O)O. The minimum absolute atomic E-state index is 0.00203. The maximum Gasteiger partial charge on any atom is 0.335 e. The van der Waals surface area contributed by atoms with Crippen LogP contribution >= 0.6 is 0 Å². The summed E-state index contributed by atoms with van der Waals surface area (Å²) in [5.74, 6) is -2.62. The maximum atomic E-state index is 13.1. The van der Waals surface area contributed by atoms with Crippen molar-refractivity contribution in [3.63, 3.8) is 0 Å². The largest absolute Gasteiger partial charge is 0.496 e. The molecule has 166 valence electrons. The second-order valence-corrected chi connectivity index (χ2v) is 6.75. The minimum atomic E-state index is -1.23. The molecule has 2 aromatic carbocycles. The third-order valence-electron chi connectivity index (χ3n) is 4.80. The van der Waals surface area contributed by atoms with Gasteiger partial charge in [-0.25, -0.2) is 14.6 Å². The van der Waals surface area contributed by atoms with Crippen molar-refractivity contribution in [2.75, 3.05) is 14.2 Å². The van der Waals surface area contributed by atoms with Gasteiger partial charge in [0.15, 0.2) is 0 Å². The molecule has 0 radical (unpaired) electrons. The van der Waals surface area contributed by atoms with Crippen LogP contribution in [0.3, 0.4) is 0 Å². The Morgan fingerprint density at radius 3 is 2.31 bits per heavy atom. The van der Waals surface area contributed by atoms with Gasteiger partial charge in [-0.3, -0.25) is 4.79 Å². The van der Waals surface area contributed by atoms with Crippen LogP contribution in [0.25, 0.3) is 11.1 Å². The van der Waals surface area contributed by atoms with Gasteiger partial charge in [0.25, 0.3) is 5.91 Å². The Hall–Kier alpha value is -4.34. The Balaban J connectivity index is 2.00. The summed E-state index contributed by atoms with van der Waals surface area (Å²) in [7, 11) is 2.76. The molecule has 0 fully saturated rings. The number of aromatic amines is 1. The zero-order valence-corrected chi connectivity index (χ0v) is 17.3. The highest BCUT2D eigenvalue weighted by molar-refractivity contribution is 6.03. The second kappa shape index (κ2) is 9.65. The van der Waals surface area contributed by atoms with E-state index in [9.17, 15) is 19.5 Å². The fourth-order valence-corrected chi connectivity index (χ4v) is 3.23. The number of aromatic nitrogens is 2. The molecule has 3 rings (SSSR count). The standard InChI is InChI=1S/C22H21N3O7/c1-31-17-8-7-15(12-3-5-13(6-4-12)21(27)28)19(32-2)18(17)20(26)25-16(22(29)30)9-14-10-23-11-24-14/h3-8,10-11,16H,9H2,1-2H3,(H,23,24)(H,25,26)(H,27,28)(H,29,30)/t16-/m0/s1. The molecule has 0 saturated carbocycles. The van der Waals surface area contributed by atoms with E-state index >= 15 is 0 Å². The number of ether oxygens (including phenoxy) is 2. The molecule has 32 heavy (non-hydrogen) atoms. The predicted molar refractivity (Wildman–Crippen MR) is 113 cm³/mol. The highest BCUT2D eigenvalue weighted by Gasteiger charge is 2.27. The number of carboxylic acid groups (broad SMARTS) is 2. The summed E-state index contributed by atoms with van der Waals surface area (Å²) in [6.07, 6.45) is 2.90. The zero-order chi connectivity index (χ0) is 23.3. The van der Waals surface area contributed by atoms with E-state index in [1.54, 1.807) is 24.3 Å². The van der Waals surface area contributed by atoms with Crippen LogP contribution in [0.4, 0.5) is 0 Å². The van der Waals surface area contributed by atoms with Gasteiger partial charge in [0.1, 0.15) is 23.1 Å². The van der Waals surface area contributed by atoms with E-state index in [2.05, 4.69) is 15.3 Å². The number of carbonyl (C=O) groups excluding carboxylic acids is 1. The number of methoxy groups -OCH3 is 2. The summed E-state index contributed by atoms with van der Waals surface area (Å²) in [4.78, 5) is 42.6. The quantitative estimate of drug-likeness (QED) is 0.396. The van der Waals surface area contributed by atoms with Gasteiger partial charge in [-0.05, 0) is 29.8 Å². The molecule has 1 aromatic heterocycles. The number of imidazole rings is 1. The Kier molecular flexibility index (Phi) is 6.74. The topological polar surface area (TPSA) is 151 Å². The molecule has 0 aliphatic rings. The fraction of sp³-hybridized carbons (Fsp3) is 0.182. The Bertz CT molecular complexity index is 1130. The van der Waals surface area contributed by atoms with Crippen molar-refractivity contribution < 1.29 is 34.1 Å². The first kappa shape index (κ1) is 22.3. The molecular weight excluding hydrogens is 418 g/mol. The summed E-state index contributed by atoms with van der Waals surface area (Å²) in [5.41, 5.74) is 1.79. The van der Waals surface area contributed by atoms with Crippen molar-refractivity contribution in [1.29, 1.82) is 0 Å². The summed E-state index contributed by atoms with van der Waals surface area (Å²) in [6.45, 7) is 0. The fourth-order valence-electron chi connectivity index (χ4n) is 3.23. The number of amides is 1. The Morgan fingerprint density at radius 2 is 1.78 bits per heavy atom. The Labute approximate surface area is 182 Å². The van der Waals surface area contributed by atoms with E-state index in [-0.39, 0.29) is 29.0 Å². The summed E-state index contributed by atoms with van der Waals surface area (Å²) in [5, 5.41) is 21.2. The third-order valence-corrected chi connectivity index (χ3v) is 4.80. The number of carboxylic acids is 2. The molecule has 10 heteroatoms. The van der Waals surface area contributed by atoms with Crippen LogP contribution in [0.15, 0.2) is 48.9 Å². The van der Waals surface area contributed by atoms with Crippen LogP contribution < -0.4 is 14.8 Å². The smallest absolute Gasteiger partial charge is 0.335 e. The average molecular weight is 439 g/mol. The summed E-state index contributed by atoms with van der Waals surface area (Å²) >= 11 is 0. The lowest BCUT2D eigenvalue weighted by Crippen LogP contribution is -2.42. The molecule has 0 unspecified atom stereocenters. The molecule has 10 nitrogen and oxygen atoms in total. The number of aliphatic carboxylic acids is 1. The number of carbonyl (C=O) groups is 3. The molecule has 0 saturated heterocycles. The van der Waals surface area contributed by atoms with Crippen LogP contribution in [-0.2, 0) is 11.2 Å². The van der Waals surface area contributed by atoms with Gasteiger partial charge in [0.2, 0.25) is 0 Å². The molecular formula is C22H21N3O7. The van der Waals surface area contributed by atoms with Crippen LogP contribution in [0.5, 0.6) is 11.5 Å². The van der Waals surface area contributed by atoms with Gasteiger partial charge in [0.05, 0.1) is 26.1 Å². The highest BCUT2D eigenvalue weighted by atomic mass is 16.5.